The van der Waals surface area contributed by atoms with Crippen molar-refractivity contribution < 1.29 is 4.79 Å². The van der Waals surface area contributed by atoms with Crippen LogP contribution in [0.4, 0.5) is 0 Å². The summed E-state index contributed by atoms with van der Waals surface area (Å²) in [4.78, 5) is 15.4. The Hall–Kier alpha value is -1.88. The first kappa shape index (κ1) is 21.6. The molecule has 0 aromatic heterocycles. The minimum atomic E-state index is -0.0255. The van der Waals surface area contributed by atoms with Crippen molar-refractivity contribution in [3.05, 3.63) is 100 Å². The van der Waals surface area contributed by atoms with Crippen molar-refractivity contribution in [2.24, 2.45) is 0 Å². The highest BCUT2D eigenvalue weighted by molar-refractivity contribution is 8.14. The molecule has 0 spiro atoms. The lowest BCUT2D eigenvalue weighted by atomic mass is 9.72. The Morgan fingerprint density at radius 3 is 2.00 bits per heavy atom. The zero-order chi connectivity index (χ0) is 22.8. The van der Waals surface area contributed by atoms with Crippen LogP contribution < -0.4 is 0 Å². The highest BCUT2D eigenvalue weighted by Crippen LogP contribution is 2.70. The molecule has 0 saturated heterocycles. The number of hydrogen-bond donors (Lipinski definition) is 0. The van der Waals surface area contributed by atoms with Gasteiger partial charge in [0.1, 0.15) is 0 Å². The average molecular weight is 487 g/mol. The second kappa shape index (κ2) is 7.83. The van der Waals surface area contributed by atoms with E-state index in [0.29, 0.717) is 0 Å². The smallest absolute Gasteiger partial charge is 0.190 e. The summed E-state index contributed by atoms with van der Waals surface area (Å²) in [6.45, 7) is 6.56. The third-order valence-electron chi connectivity index (χ3n) is 7.42. The monoisotopic (exact) mass is 486 g/mol. The number of hydrogen-bond acceptors (Lipinski definition) is 4. The lowest BCUT2D eigenvalue weighted by Crippen LogP contribution is -2.47. The maximum absolute atomic E-state index is 11.7. The maximum Gasteiger partial charge on any atom is 0.190 e. The van der Waals surface area contributed by atoms with Gasteiger partial charge in [0.2, 0.25) is 0 Å². The fourth-order valence-electron chi connectivity index (χ4n) is 5.71. The average Bonchev–Trinajstić information content (AvgIpc) is 3.50. The minimum Gasteiger partial charge on any atom is -0.287 e. The minimum absolute atomic E-state index is 0.00859. The van der Waals surface area contributed by atoms with Gasteiger partial charge >= 0.3 is 0 Å². The van der Waals surface area contributed by atoms with Gasteiger partial charge in [-0.2, -0.15) is 0 Å². The lowest BCUT2D eigenvalue weighted by molar-refractivity contribution is -0.109. The first-order valence-electron chi connectivity index (χ1n) is 11.5. The van der Waals surface area contributed by atoms with Gasteiger partial charge in [-0.1, -0.05) is 54.2 Å². The van der Waals surface area contributed by atoms with Gasteiger partial charge < -0.3 is 0 Å². The third-order valence-corrected chi connectivity index (χ3v) is 11.5. The molecule has 0 unspecified atom stereocenters. The van der Waals surface area contributed by atoms with Gasteiger partial charge in [0.15, 0.2) is 5.12 Å². The molecule has 0 amide bonds. The number of benzene rings is 2. The normalized spacial score (nSPS) is 27.8. The Balaban J connectivity index is 1.45. The van der Waals surface area contributed by atoms with E-state index in [1.54, 1.807) is 23.6 Å². The fourth-order valence-corrected chi connectivity index (χ4v) is 9.55. The van der Waals surface area contributed by atoms with Crippen molar-refractivity contribution >= 4 is 50.2 Å². The molecule has 1 saturated carbocycles. The largest absolute Gasteiger partial charge is 0.287 e. The second-order valence-corrected chi connectivity index (χ2v) is 13.6. The summed E-state index contributed by atoms with van der Waals surface area (Å²) >= 11 is 5.38. The zero-order valence-corrected chi connectivity index (χ0v) is 21.6. The second-order valence-electron chi connectivity index (χ2n) is 9.41. The molecule has 0 N–H and O–H groups in total. The van der Waals surface area contributed by atoms with E-state index in [1.807, 2.05) is 29.6 Å². The van der Waals surface area contributed by atoms with Crippen molar-refractivity contribution in [2.45, 2.75) is 54.4 Å². The molecule has 33 heavy (non-hydrogen) atoms. The third kappa shape index (κ3) is 3.29. The molecule has 4 heteroatoms. The van der Waals surface area contributed by atoms with Crippen molar-refractivity contribution in [3.63, 3.8) is 0 Å². The molecule has 2 aliphatic heterocycles. The predicted molar refractivity (Wildman–Crippen MR) is 145 cm³/mol. The molecule has 0 radical (unpaired) electrons. The van der Waals surface area contributed by atoms with Crippen LogP contribution in [-0.4, -0.2) is 14.6 Å². The van der Waals surface area contributed by atoms with E-state index in [2.05, 4.69) is 74.5 Å². The molecule has 2 atom stereocenters. The van der Waals surface area contributed by atoms with Crippen molar-refractivity contribution in [1.82, 2.24) is 0 Å². The van der Waals surface area contributed by atoms with Crippen LogP contribution in [0.25, 0.3) is 9.81 Å². The van der Waals surface area contributed by atoms with Crippen LogP contribution in [0, 0.1) is 0 Å². The number of thioether (sulfide) groups is 3. The van der Waals surface area contributed by atoms with Crippen LogP contribution in [-0.2, 0) is 4.79 Å². The molecule has 2 aliphatic carbocycles. The first-order valence-corrected chi connectivity index (χ1v) is 14.0. The first-order chi connectivity index (χ1) is 15.9. The number of carbonyl (C=O) groups is 1. The lowest BCUT2D eigenvalue weighted by Gasteiger charge is -2.47. The summed E-state index contributed by atoms with van der Waals surface area (Å²) in [5.41, 5.74) is 8.81. The summed E-state index contributed by atoms with van der Waals surface area (Å²) in [6, 6.07) is 19.3. The van der Waals surface area contributed by atoms with E-state index >= 15 is 0 Å². The molecule has 6 rings (SSSR count). The van der Waals surface area contributed by atoms with Crippen LogP contribution in [0.15, 0.2) is 93.9 Å². The van der Waals surface area contributed by atoms with E-state index in [9.17, 15) is 4.79 Å². The Kier molecular flexibility index (Phi) is 5.13. The summed E-state index contributed by atoms with van der Waals surface area (Å²) in [6.07, 6.45) is 8.58. The summed E-state index contributed by atoms with van der Waals surface area (Å²) < 4.78 is -0.0341. The molecule has 4 aliphatic rings. The molecule has 1 fully saturated rings. The van der Waals surface area contributed by atoms with Crippen LogP contribution in [0.5, 0.6) is 0 Å². The van der Waals surface area contributed by atoms with Crippen molar-refractivity contribution in [1.29, 1.82) is 0 Å². The Labute approximate surface area is 208 Å². The molecule has 1 nitrogen and oxygen atoms in total. The number of allylic oxidation sites excluding steroid dienone is 4. The van der Waals surface area contributed by atoms with E-state index < -0.39 is 0 Å². The fraction of sp³-hybridized carbons (Fsp3) is 0.276. The predicted octanol–water partition coefficient (Wildman–Crippen LogP) is 8.51. The summed E-state index contributed by atoms with van der Waals surface area (Å²) in [5, 5.41) is 0.129. The van der Waals surface area contributed by atoms with Gasteiger partial charge in [0.05, 0.1) is 9.49 Å². The van der Waals surface area contributed by atoms with Crippen molar-refractivity contribution in [3.8, 4) is 0 Å². The molecular formula is C29H26OS3. The quantitative estimate of drug-likeness (QED) is 0.404. The van der Waals surface area contributed by atoms with Crippen LogP contribution in [0.1, 0.15) is 51.2 Å². The Morgan fingerprint density at radius 1 is 0.818 bits per heavy atom. The number of rotatable bonds is 3. The summed E-state index contributed by atoms with van der Waals surface area (Å²) in [5.74, 6) is 0. The molecule has 166 valence electrons. The molecule has 2 aromatic rings. The topological polar surface area (TPSA) is 17.1 Å². The standard InChI is InChI=1S/C29H26OS3/c1-18(30)31-21-12-7-11-20(15-21)27-17-25-23-14-8-13-22(23)24-16-26(19-9-5-4-6-10-19)32-28(24,2)29(25,3)33-27/h4-7,9-12,15-17H,8,13-14H2,1-3H3/t28-,29-/m1/s1. The number of carbonyl (C=O) groups excluding carboxylic acids is 1. The van der Waals surface area contributed by atoms with E-state index in [1.165, 1.54) is 57.5 Å². The van der Waals surface area contributed by atoms with E-state index in [0.717, 1.165) is 4.90 Å². The Morgan fingerprint density at radius 2 is 1.39 bits per heavy atom. The van der Waals surface area contributed by atoms with Gasteiger partial charge in [-0.3, -0.25) is 4.79 Å². The van der Waals surface area contributed by atoms with E-state index in [-0.39, 0.29) is 14.6 Å². The van der Waals surface area contributed by atoms with E-state index in [4.69, 9.17) is 0 Å². The highest BCUT2D eigenvalue weighted by atomic mass is 32.2. The van der Waals surface area contributed by atoms with Crippen LogP contribution in [0.3, 0.4) is 0 Å². The van der Waals surface area contributed by atoms with Crippen LogP contribution in [0.2, 0.25) is 0 Å². The van der Waals surface area contributed by atoms with Gasteiger partial charge in [0.25, 0.3) is 0 Å². The highest BCUT2D eigenvalue weighted by Gasteiger charge is 2.59. The zero-order valence-electron chi connectivity index (χ0n) is 19.1. The number of fused-ring (bicyclic) bond motifs is 4. The summed E-state index contributed by atoms with van der Waals surface area (Å²) in [7, 11) is 0. The van der Waals surface area contributed by atoms with Crippen molar-refractivity contribution in [2.75, 3.05) is 0 Å². The Bertz CT molecular complexity index is 1310. The van der Waals surface area contributed by atoms with Gasteiger partial charge in [-0.15, -0.1) is 23.5 Å². The van der Waals surface area contributed by atoms with Gasteiger partial charge in [-0.05, 0) is 90.8 Å². The van der Waals surface area contributed by atoms with Crippen LogP contribution >= 0.6 is 35.3 Å². The molecule has 2 aromatic carbocycles. The van der Waals surface area contributed by atoms with Gasteiger partial charge in [0, 0.05) is 21.6 Å². The molecule has 2 heterocycles. The molecule has 0 bridgehead atoms. The maximum atomic E-state index is 11.7. The SMILES string of the molecule is CC(=O)Sc1cccc(C2=CC3=C4CCCC4=C4C=C(c5ccccc5)S[C@@]4(C)[C@]3(C)S2)c1. The van der Waals surface area contributed by atoms with Gasteiger partial charge in [-0.25, -0.2) is 0 Å². The molecular weight excluding hydrogens is 461 g/mol.